The molecular formula is C7H7ClF2Si. The summed E-state index contributed by atoms with van der Waals surface area (Å²) in [4.78, 5) is 0. The van der Waals surface area contributed by atoms with Gasteiger partial charge in [0.1, 0.15) is 5.82 Å². The van der Waals surface area contributed by atoms with Crippen LogP contribution in [0.1, 0.15) is 0 Å². The smallest absolute Gasteiger partial charge is 0.287 e. The molecule has 0 aliphatic carbocycles. The zero-order valence-electron chi connectivity index (χ0n) is 5.94. The van der Waals surface area contributed by atoms with E-state index in [1.807, 2.05) is 0 Å². The molecule has 1 aromatic carbocycles. The molecule has 1 atom stereocenters. The molecule has 0 aromatic heterocycles. The van der Waals surface area contributed by atoms with Crippen molar-refractivity contribution >= 4 is 24.0 Å². The van der Waals surface area contributed by atoms with Crippen molar-refractivity contribution in [3.8, 4) is 0 Å². The van der Waals surface area contributed by atoms with Crippen molar-refractivity contribution in [1.82, 2.24) is 0 Å². The Bertz CT molecular complexity index is 257. The van der Waals surface area contributed by atoms with Crippen molar-refractivity contribution in [3.63, 3.8) is 0 Å². The lowest BCUT2D eigenvalue weighted by Crippen LogP contribution is -2.33. The van der Waals surface area contributed by atoms with Crippen LogP contribution in [0, 0.1) is 5.82 Å². The lowest BCUT2D eigenvalue weighted by atomic mass is 10.3. The average molecular weight is 193 g/mol. The topological polar surface area (TPSA) is 0 Å². The van der Waals surface area contributed by atoms with Gasteiger partial charge in [0.05, 0.1) is 0 Å². The van der Waals surface area contributed by atoms with Gasteiger partial charge in [-0.3, -0.25) is 4.11 Å². The average Bonchev–Trinajstić information content (AvgIpc) is 1.86. The highest BCUT2D eigenvalue weighted by Crippen LogP contribution is 2.10. The summed E-state index contributed by atoms with van der Waals surface area (Å²) in [6.45, 7) is 1.31. The maximum absolute atomic E-state index is 13.0. The molecule has 0 saturated heterocycles. The minimum atomic E-state index is -3.33. The van der Waals surface area contributed by atoms with E-state index in [1.54, 1.807) is 0 Å². The maximum atomic E-state index is 13.0. The highest BCUT2D eigenvalue weighted by atomic mass is 35.6. The highest BCUT2D eigenvalue weighted by Gasteiger charge is 2.27. The van der Waals surface area contributed by atoms with Crippen molar-refractivity contribution in [2.75, 3.05) is 0 Å². The van der Waals surface area contributed by atoms with E-state index in [4.69, 9.17) is 11.1 Å². The fourth-order valence-corrected chi connectivity index (χ4v) is 1.89. The van der Waals surface area contributed by atoms with E-state index in [-0.39, 0.29) is 5.19 Å². The Kier molecular flexibility index (Phi) is 2.30. The Morgan fingerprint density at radius 3 is 2.45 bits per heavy atom. The van der Waals surface area contributed by atoms with E-state index in [0.29, 0.717) is 0 Å². The Morgan fingerprint density at radius 1 is 1.45 bits per heavy atom. The molecule has 0 amide bonds. The second-order valence-electron chi connectivity index (χ2n) is 2.40. The molecular weight excluding hydrogens is 186 g/mol. The normalized spacial score (nSPS) is 16.0. The zero-order valence-corrected chi connectivity index (χ0v) is 7.70. The monoisotopic (exact) mass is 192 g/mol. The predicted molar refractivity (Wildman–Crippen MR) is 44.6 cm³/mol. The molecule has 1 unspecified atom stereocenters. The minimum Gasteiger partial charge on any atom is -0.287 e. The number of hydrogen-bond donors (Lipinski definition) is 0. The van der Waals surface area contributed by atoms with E-state index in [1.165, 1.54) is 24.7 Å². The van der Waals surface area contributed by atoms with Crippen molar-refractivity contribution in [2.45, 2.75) is 6.55 Å². The summed E-state index contributed by atoms with van der Waals surface area (Å²) in [5.74, 6) is -0.445. The Morgan fingerprint density at radius 2 is 2.09 bits per heavy atom. The van der Waals surface area contributed by atoms with E-state index in [9.17, 15) is 8.50 Å². The van der Waals surface area contributed by atoms with Gasteiger partial charge >= 0.3 is 7.72 Å². The molecule has 0 radical (unpaired) electrons. The molecule has 0 aliphatic rings. The van der Waals surface area contributed by atoms with Crippen molar-refractivity contribution in [1.29, 1.82) is 0 Å². The van der Waals surface area contributed by atoms with Crippen molar-refractivity contribution in [2.24, 2.45) is 0 Å². The van der Waals surface area contributed by atoms with Gasteiger partial charge in [-0.25, -0.2) is 4.39 Å². The number of benzene rings is 1. The van der Waals surface area contributed by atoms with Gasteiger partial charge in [-0.1, -0.05) is 12.1 Å². The third-order valence-electron chi connectivity index (χ3n) is 1.33. The molecule has 0 spiro atoms. The number of rotatable bonds is 1. The molecule has 0 heterocycles. The van der Waals surface area contributed by atoms with Crippen LogP contribution in [-0.2, 0) is 0 Å². The van der Waals surface area contributed by atoms with Crippen LogP contribution in [-0.4, -0.2) is 7.72 Å². The van der Waals surface area contributed by atoms with E-state index in [0.717, 1.165) is 6.07 Å². The van der Waals surface area contributed by atoms with Gasteiger partial charge in [-0.05, 0) is 23.9 Å². The first-order chi connectivity index (χ1) is 5.00. The molecule has 0 N–H and O–H groups in total. The third kappa shape index (κ3) is 2.27. The first-order valence-corrected chi connectivity index (χ1v) is 6.53. The Labute approximate surface area is 69.7 Å². The molecule has 0 fully saturated rings. The van der Waals surface area contributed by atoms with E-state index >= 15 is 0 Å². The molecule has 0 nitrogen and oxygen atoms in total. The van der Waals surface area contributed by atoms with Gasteiger partial charge in [0, 0.05) is 0 Å². The summed E-state index contributed by atoms with van der Waals surface area (Å²) in [7, 11) is -3.33. The van der Waals surface area contributed by atoms with Gasteiger partial charge < -0.3 is 0 Å². The van der Waals surface area contributed by atoms with Crippen LogP contribution in [0.25, 0.3) is 0 Å². The van der Waals surface area contributed by atoms with Gasteiger partial charge in [0.25, 0.3) is 0 Å². The van der Waals surface area contributed by atoms with E-state index < -0.39 is 13.5 Å². The van der Waals surface area contributed by atoms with Crippen molar-refractivity contribution < 1.29 is 8.50 Å². The van der Waals surface area contributed by atoms with Crippen LogP contribution in [0.15, 0.2) is 24.3 Å². The third-order valence-corrected chi connectivity index (χ3v) is 3.31. The summed E-state index contributed by atoms with van der Waals surface area (Å²) < 4.78 is 25.5. The van der Waals surface area contributed by atoms with Crippen LogP contribution in [0.5, 0.6) is 0 Å². The molecule has 4 heteroatoms. The largest absolute Gasteiger partial charge is 0.367 e. The molecule has 11 heavy (non-hydrogen) atoms. The summed E-state index contributed by atoms with van der Waals surface area (Å²) in [6, 6.07) is 5.36. The number of halogens is 3. The van der Waals surface area contributed by atoms with E-state index in [2.05, 4.69) is 0 Å². The molecule has 0 bridgehead atoms. The highest BCUT2D eigenvalue weighted by molar-refractivity contribution is 7.22. The van der Waals surface area contributed by atoms with Crippen LogP contribution in [0.2, 0.25) is 6.55 Å². The van der Waals surface area contributed by atoms with Crippen LogP contribution >= 0.6 is 11.1 Å². The first kappa shape index (κ1) is 8.68. The fourth-order valence-electron chi connectivity index (χ4n) is 0.762. The Hall–Kier alpha value is -0.413. The van der Waals surface area contributed by atoms with Gasteiger partial charge in [0.15, 0.2) is 0 Å². The summed E-state index contributed by atoms with van der Waals surface area (Å²) in [5.41, 5.74) is 0. The first-order valence-electron chi connectivity index (χ1n) is 3.14. The van der Waals surface area contributed by atoms with Crippen molar-refractivity contribution in [3.05, 3.63) is 30.1 Å². The SMILES string of the molecule is C[Si](F)(Cl)c1cccc(F)c1. The van der Waals surface area contributed by atoms with Crippen LogP contribution in [0.3, 0.4) is 0 Å². The quantitative estimate of drug-likeness (QED) is 0.473. The van der Waals surface area contributed by atoms with Gasteiger partial charge in [0.2, 0.25) is 0 Å². The van der Waals surface area contributed by atoms with Gasteiger partial charge in [-0.15, -0.1) is 11.1 Å². The minimum absolute atomic E-state index is 0.277. The molecule has 0 aliphatic heterocycles. The Balaban J connectivity index is 3.06. The molecule has 0 saturated carbocycles. The van der Waals surface area contributed by atoms with Gasteiger partial charge in [-0.2, -0.15) is 0 Å². The second-order valence-corrected chi connectivity index (χ2v) is 6.88. The maximum Gasteiger partial charge on any atom is 0.367 e. The molecule has 1 rings (SSSR count). The summed E-state index contributed by atoms with van der Waals surface area (Å²) in [5, 5.41) is 0.277. The zero-order chi connectivity index (χ0) is 8.48. The molecule has 1 aromatic rings. The molecule has 60 valence electrons. The lowest BCUT2D eigenvalue weighted by Gasteiger charge is -2.07. The standard InChI is InChI=1S/C7H7ClF2Si/c1-11(8,10)7-4-2-3-6(9)5-7/h2-5H,1H3. The summed E-state index contributed by atoms with van der Waals surface area (Å²) in [6.07, 6.45) is 0. The fraction of sp³-hybridized carbons (Fsp3) is 0.143. The second kappa shape index (κ2) is 2.91. The van der Waals surface area contributed by atoms with Crippen LogP contribution < -0.4 is 5.19 Å². The predicted octanol–water partition coefficient (Wildman–Crippen LogP) is 2.31. The number of hydrogen-bond acceptors (Lipinski definition) is 0. The summed E-state index contributed by atoms with van der Waals surface area (Å²) >= 11 is 5.44. The van der Waals surface area contributed by atoms with Crippen LogP contribution in [0.4, 0.5) is 8.50 Å². The lowest BCUT2D eigenvalue weighted by molar-refractivity contribution is 0.628.